The van der Waals surface area contributed by atoms with Crippen molar-refractivity contribution in [2.45, 2.75) is 39.8 Å². The number of amides is 1. The molecule has 0 heterocycles. The Labute approximate surface area is 126 Å². The summed E-state index contributed by atoms with van der Waals surface area (Å²) >= 11 is 5.00. The van der Waals surface area contributed by atoms with Crippen LogP contribution in [0.3, 0.4) is 0 Å². The first-order valence-corrected chi connectivity index (χ1v) is 7.24. The van der Waals surface area contributed by atoms with Crippen molar-refractivity contribution >= 4 is 28.8 Å². The molecule has 5 heteroatoms. The van der Waals surface area contributed by atoms with Crippen LogP contribution in [0, 0.1) is 0 Å². The van der Waals surface area contributed by atoms with E-state index in [1.54, 1.807) is 0 Å². The van der Waals surface area contributed by atoms with E-state index < -0.39 is 0 Å². The Balaban J connectivity index is 2.88. The Kier molecular flexibility index (Phi) is 6.10. The molecule has 1 rings (SSSR count). The van der Waals surface area contributed by atoms with Gasteiger partial charge in [-0.05, 0) is 39.4 Å². The van der Waals surface area contributed by atoms with Gasteiger partial charge in [0.2, 0.25) is 5.91 Å². The van der Waals surface area contributed by atoms with Gasteiger partial charge in [-0.1, -0.05) is 31.3 Å². The molecule has 0 aromatic heterocycles. The number of likely N-dealkylation sites (N-methyl/N-ethyl adjacent to an activating group) is 1. The summed E-state index contributed by atoms with van der Waals surface area (Å²) in [5, 5.41) is 2.91. The Morgan fingerprint density at radius 1 is 1.35 bits per heavy atom. The number of carbonyl (C=O) groups is 1. The highest BCUT2D eigenvalue weighted by molar-refractivity contribution is 7.80. The van der Waals surface area contributed by atoms with Crippen LogP contribution in [0.4, 0.5) is 5.69 Å². The van der Waals surface area contributed by atoms with Crippen LogP contribution < -0.4 is 11.1 Å². The van der Waals surface area contributed by atoms with Crippen molar-refractivity contribution in [1.82, 2.24) is 4.90 Å². The summed E-state index contributed by atoms with van der Waals surface area (Å²) in [5.74, 6) is -0.0516. The molecule has 0 saturated carbocycles. The predicted molar refractivity (Wildman–Crippen MR) is 87.9 cm³/mol. The van der Waals surface area contributed by atoms with Gasteiger partial charge in [0, 0.05) is 11.6 Å². The summed E-state index contributed by atoms with van der Waals surface area (Å²) in [4.78, 5) is 14.8. The molecule has 1 aromatic rings. The van der Waals surface area contributed by atoms with Crippen molar-refractivity contribution < 1.29 is 4.79 Å². The van der Waals surface area contributed by atoms with Crippen LogP contribution in [0.25, 0.3) is 0 Å². The van der Waals surface area contributed by atoms with Crippen LogP contribution in [0.5, 0.6) is 0 Å². The monoisotopic (exact) mass is 293 g/mol. The number of nitrogens with zero attached hydrogens (tertiary/aromatic N) is 1. The maximum absolute atomic E-state index is 12.4. The lowest BCUT2D eigenvalue weighted by Crippen LogP contribution is -2.45. The third-order valence-corrected chi connectivity index (χ3v) is 3.58. The van der Waals surface area contributed by atoms with Gasteiger partial charge in [-0.15, -0.1) is 0 Å². The lowest BCUT2D eigenvalue weighted by molar-refractivity contribution is -0.121. The summed E-state index contributed by atoms with van der Waals surface area (Å²) in [6.07, 6.45) is 0. The molecule has 110 valence electrons. The van der Waals surface area contributed by atoms with Gasteiger partial charge < -0.3 is 11.1 Å². The smallest absolute Gasteiger partial charge is 0.241 e. The van der Waals surface area contributed by atoms with Crippen molar-refractivity contribution in [2.24, 2.45) is 5.73 Å². The molecule has 0 spiro atoms. The standard InChI is InChI=1S/C15H23N3OS/c1-5-18(10(2)3)11(4)15(19)17-13-9-7-6-8-12(13)14(16)20/h6-11H,5H2,1-4H3,(H2,16,20)(H,17,19). The number of para-hydroxylation sites is 1. The molecule has 20 heavy (non-hydrogen) atoms. The Morgan fingerprint density at radius 3 is 2.45 bits per heavy atom. The van der Waals surface area contributed by atoms with Gasteiger partial charge in [0.15, 0.2) is 0 Å². The number of hydrogen-bond donors (Lipinski definition) is 2. The molecule has 1 amide bonds. The number of rotatable bonds is 6. The van der Waals surface area contributed by atoms with Gasteiger partial charge in [-0.25, -0.2) is 0 Å². The topological polar surface area (TPSA) is 58.4 Å². The SMILES string of the molecule is CCN(C(C)C)C(C)C(=O)Nc1ccccc1C(N)=S. The van der Waals surface area contributed by atoms with Gasteiger partial charge in [-0.2, -0.15) is 0 Å². The molecule has 0 bridgehead atoms. The molecule has 1 unspecified atom stereocenters. The lowest BCUT2D eigenvalue weighted by atomic mass is 10.1. The van der Waals surface area contributed by atoms with Gasteiger partial charge in [0.25, 0.3) is 0 Å². The molecule has 1 aromatic carbocycles. The third-order valence-electron chi connectivity index (χ3n) is 3.36. The number of nitrogens with one attached hydrogen (secondary N) is 1. The van der Waals surface area contributed by atoms with Crippen LogP contribution in [-0.2, 0) is 4.79 Å². The molecule has 0 saturated heterocycles. The highest BCUT2D eigenvalue weighted by atomic mass is 32.1. The molecule has 0 aliphatic heterocycles. The molecule has 0 aliphatic carbocycles. The minimum Gasteiger partial charge on any atom is -0.389 e. The summed E-state index contributed by atoms with van der Waals surface area (Å²) in [6, 6.07) is 7.42. The zero-order chi connectivity index (χ0) is 15.3. The molecule has 1 atom stereocenters. The largest absolute Gasteiger partial charge is 0.389 e. The summed E-state index contributed by atoms with van der Waals surface area (Å²) in [7, 11) is 0. The average Bonchev–Trinajstić information content (AvgIpc) is 2.39. The summed E-state index contributed by atoms with van der Waals surface area (Å²) in [5.41, 5.74) is 7.02. The second kappa shape index (κ2) is 7.36. The fourth-order valence-electron chi connectivity index (χ4n) is 2.28. The van der Waals surface area contributed by atoms with Crippen LogP contribution in [0.1, 0.15) is 33.3 Å². The van der Waals surface area contributed by atoms with E-state index in [0.29, 0.717) is 17.3 Å². The normalized spacial score (nSPS) is 12.5. The number of hydrogen-bond acceptors (Lipinski definition) is 3. The Hall–Kier alpha value is -1.46. The second-order valence-electron chi connectivity index (χ2n) is 5.00. The molecule has 3 N–H and O–H groups in total. The highest BCUT2D eigenvalue weighted by Gasteiger charge is 2.22. The van der Waals surface area contributed by atoms with Crippen molar-refractivity contribution in [3.63, 3.8) is 0 Å². The predicted octanol–water partition coefficient (Wildman–Crippen LogP) is 2.38. The van der Waals surface area contributed by atoms with Crippen LogP contribution in [-0.4, -0.2) is 34.4 Å². The second-order valence-corrected chi connectivity index (χ2v) is 5.44. The van der Waals surface area contributed by atoms with Crippen LogP contribution in [0.2, 0.25) is 0 Å². The van der Waals surface area contributed by atoms with Crippen molar-refractivity contribution in [3.8, 4) is 0 Å². The molecule has 0 radical (unpaired) electrons. The van der Waals surface area contributed by atoms with E-state index in [1.165, 1.54) is 0 Å². The van der Waals surface area contributed by atoms with E-state index in [1.807, 2.05) is 38.1 Å². The highest BCUT2D eigenvalue weighted by Crippen LogP contribution is 2.16. The minimum atomic E-state index is -0.209. The average molecular weight is 293 g/mol. The van der Waals surface area contributed by atoms with E-state index >= 15 is 0 Å². The minimum absolute atomic E-state index is 0.0516. The number of benzene rings is 1. The number of anilines is 1. The first kappa shape index (κ1) is 16.6. The number of carbonyl (C=O) groups excluding carboxylic acids is 1. The molecule has 0 aliphatic rings. The first-order chi connectivity index (χ1) is 9.38. The zero-order valence-corrected chi connectivity index (χ0v) is 13.3. The summed E-state index contributed by atoms with van der Waals surface area (Å²) < 4.78 is 0. The van der Waals surface area contributed by atoms with Crippen molar-refractivity contribution in [1.29, 1.82) is 0 Å². The summed E-state index contributed by atoms with van der Waals surface area (Å²) in [6.45, 7) is 8.94. The van der Waals surface area contributed by atoms with Crippen molar-refractivity contribution in [3.05, 3.63) is 29.8 Å². The van der Waals surface area contributed by atoms with E-state index in [9.17, 15) is 4.79 Å². The molecule has 0 fully saturated rings. The quantitative estimate of drug-likeness (QED) is 0.791. The van der Waals surface area contributed by atoms with Gasteiger partial charge in [0.1, 0.15) is 4.99 Å². The van der Waals surface area contributed by atoms with Crippen LogP contribution in [0.15, 0.2) is 24.3 Å². The fourth-order valence-corrected chi connectivity index (χ4v) is 2.46. The van der Waals surface area contributed by atoms with E-state index in [4.69, 9.17) is 18.0 Å². The van der Waals surface area contributed by atoms with E-state index in [2.05, 4.69) is 24.1 Å². The fraction of sp³-hybridized carbons (Fsp3) is 0.467. The molecular formula is C15H23N3OS. The van der Waals surface area contributed by atoms with Gasteiger partial charge in [-0.3, -0.25) is 9.69 Å². The maximum Gasteiger partial charge on any atom is 0.241 e. The van der Waals surface area contributed by atoms with Crippen molar-refractivity contribution in [2.75, 3.05) is 11.9 Å². The van der Waals surface area contributed by atoms with Gasteiger partial charge in [0.05, 0.1) is 11.7 Å². The van der Waals surface area contributed by atoms with E-state index in [-0.39, 0.29) is 16.9 Å². The Morgan fingerprint density at radius 2 is 1.95 bits per heavy atom. The molecule has 4 nitrogen and oxygen atoms in total. The number of thiocarbonyl (C=S) groups is 1. The maximum atomic E-state index is 12.4. The van der Waals surface area contributed by atoms with E-state index in [0.717, 1.165) is 6.54 Å². The number of nitrogens with two attached hydrogens (primary N) is 1. The lowest BCUT2D eigenvalue weighted by Gasteiger charge is -2.30. The zero-order valence-electron chi connectivity index (χ0n) is 12.5. The Bertz CT molecular complexity index is 488. The third kappa shape index (κ3) is 4.02. The van der Waals surface area contributed by atoms with Gasteiger partial charge >= 0.3 is 0 Å². The van der Waals surface area contributed by atoms with Crippen LogP contribution >= 0.6 is 12.2 Å². The molecular weight excluding hydrogens is 270 g/mol. The first-order valence-electron chi connectivity index (χ1n) is 6.83.